The average Bonchev–Trinajstić information content (AvgIpc) is 2.77. The van der Waals surface area contributed by atoms with Crippen LogP contribution in [0.3, 0.4) is 0 Å². The largest absolute Gasteiger partial charge is 0.489 e. The van der Waals surface area contributed by atoms with E-state index < -0.39 is 5.92 Å². The molecule has 2 aromatic carbocycles. The van der Waals surface area contributed by atoms with E-state index in [9.17, 15) is 9.59 Å². The Morgan fingerprint density at radius 3 is 1.97 bits per heavy atom. The Hall–Kier alpha value is -2.27. The quantitative estimate of drug-likeness (QED) is 0.411. The van der Waals surface area contributed by atoms with E-state index in [1.165, 1.54) is 0 Å². The van der Waals surface area contributed by atoms with Gasteiger partial charge in [0.1, 0.15) is 12.4 Å². The van der Waals surface area contributed by atoms with E-state index in [-0.39, 0.29) is 29.0 Å². The van der Waals surface area contributed by atoms with Crippen LogP contribution < -0.4 is 10.1 Å². The summed E-state index contributed by atoms with van der Waals surface area (Å²) in [5.74, 6) is 0.170. The lowest BCUT2D eigenvalue weighted by molar-refractivity contribution is -0.119. The number of allylic oxidation sites excluding steroid dienone is 4. The maximum atomic E-state index is 13.6. The molecule has 0 saturated carbocycles. The Morgan fingerprint density at radius 1 is 0.811 bits per heavy atom. The van der Waals surface area contributed by atoms with Crippen LogP contribution in [-0.4, -0.2) is 11.6 Å². The van der Waals surface area contributed by atoms with Crippen molar-refractivity contribution in [2.75, 3.05) is 0 Å². The van der Waals surface area contributed by atoms with E-state index in [1.807, 2.05) is 18.2 Å². The number of carbonyl (C=O) groups excluding carboxylic acids is 2. The second kappa shape index (κ2) is 9.48. The van der Waals surface area contributed by atoms with Crippen molar-refractivity contribution < 1.29 is 14.3 Å². The minimum atomic E-state index is -0.527. The van der Waals surface area contributed by atoms with Crippen LogP contribution in [0.1, 0.15) is 70.4 Å². The Balaban J connectivity index is 1.63. The predicted molar refractivity (Wildman–Crippen MR) is 148 cm³/mol. The van der Waals surface area contributed by atoms with Gasteiger partial charge in [-0.05, 0) is 59.6 Å². The van der Waals surface area contributed by atoms with Crippen molar-refractivity contribution in [2.45, 2.75) is 65.9 Å². The zero-order valence-corrected chi connectivity index (χ0v) is 23.7. The molecular weight excluding hydrogens is 529 g/mol. The molecule has 2 aliphatic carbocycles. The minimum absolute atomic E-state index is 0.0587. The highest BCUT2D eigenvalue weighted by molar-refractivity contribution is 6.42. The molecule has 0 radical (unpaired) electrons. The monoisotopic (exact) mass is 557 g/mol. The van der Waals surface area contributed by atoms with Gasteiger partial charge in [0.05, 0.1) is 10.0 Å². The first-order valence-corrected chi connectivity index (χ1v) is 13.6. The maximum Gasteiger partial charge on any atom is 0.162 e. The highest BCUT2D eigenvalue weighted by Gasteiger charge is 2.47. The smallest absolute Gasteiger partial charge is 0.162 e. The molecule has 0 unspecified atom stereocenters. The van der Waals surface area contributed by atoms with Crippen molar-refractivity contribution >= 4 is 46.4 Å². The standard InChI is InChI=1S/C30H30Cl3NO3/c1-29(2)11-21-27(23(35)13-29)26(28-22(34-21)12-30(3,4)14-24(28)36)18-10-17(31)6-8-25(18)37-15-16-5-7-19(32)20(33)9-16/h5-10,26,34H,11-15H2,1-4H3. The molecule has 1 aliphatic heterocycles. The number of carbonyl (C=O) groups is 2. The second-order valence-electron chi connectivity index (χ2n) is 11.9. The summed E-state index contributed by atoms with van der Waals surface area (Å²) in [7, 11) is 0. The van der Waals surface area contributed by atoms with Gasteiger partial charge in [0.2, 0.25) is 0 Å². The molecule has 0 fully saturated rings. The summed E-state index contributed by atoms with van der Waals surface area (Å²) in [6.07, 6.45) is 2.31. The summed E-state index contributed by atoms with van der Waals surface area (Å²) in [5, 5.41) is 5.00. The summed E-state index contributed by atoms with van der Waals surface area (Å²) in [5.41, 5.74) is 4.39. The number of nitrogens with one attached hydrogen (secondary N) is 1. The normalized spacial score (nSPS) is 20.9. The number of hydrogen-bond donors (Lipinski definition) is 1. The van der Waals surface area contributed by atoms with Crippen LogP contribution in [0.15, 0.2) is 58.9 Å². The molecule has 2 aromatic rings. The van der Waals surface area contributed by atoms with Gasteiger partial charge in [0.25, 0.3) is 0 Å². The average molecular weight is 559 g/mol. The number of benzene rings is 2. The Bertz CT molecular complexity index is 1330. The van der Waals surface area contributed by atoms with Crippen molar-refractivity contribution in [3.63, 3.8) is 0 Å². The third-order valence-electron chi connectivity index (χ3n) is 7.38. The molecule has 0 atom stereocenters. The van der Waals surface area contributed by atoms with Crippen molar-refractivity contribution in [1.29, 1.82) is 0 Å². The lowest BCUT2D eigenvalue weighted by Gasteiger charge is -2.44. The first-order chi connectivity index (χ1) is 17.3. The van der Waals surface area contributed by atoms with Crippen molar-refractivity contribution in [2.24, 2.45) is 10.8 Å². The molecule has 0 bridgehead atoms. The van der Waals surface area contributed by atoms with Gasteiger partial charge in [-0.25, -0.2) is 0 Å². The van der Waals surface area contributed by atoms with E-state index >= 15 is 0 Å². The minimum Gasteiger partial charge on any atom is -0.489 e. The third-order valence-corrected chi connectivity index (χ3v) is 8.35. The van der Waals surface area contributed by atoms with Gasteiger partial charge < -0.3 is 10.1 Å². The molecule has 3 aliphatic rings. The lowest BCUT2D eigenvalue weighted by Crippen LogP contribution is -2.42. The number of ether oxygens (including phenoxy) is 1. The summed E-state index contributed by atoms with van der Waals surface area (Å²) in [6, 6.07) is 10.8. The van der Waals surface area contributed by atoms with Gasteiger partial charge in [-0.3, -0.25) is 9.59 Å². The summed E-state index contributed by atoms with van der Waals surface area (Å²) < 4.78 is 6.29. The zero-order valence-electron chi connectivity index (χ0n) is 21.4. The Kier molecular flexibility index (Phi) is 6.75. The van der Waals surface area contributed by atoms with Crippen molar-refractivity contribution in [3.05, 3.63) is 85.1 Å². The Labute approximate surface area is 233 Å². The zero-order chi connectivity index (χ0) is 26.7. The topological polar surface area (TPSA) is 55.4 Å². The van der Waals surface area contributed by atoms with Crippen LogP contribution in [0.5, 0.6) is 5.75 Å². The van der Waals surface area contributed by atoms with E-state index in [1.54, 1.807) is 18.2 Å². The lowest BCUT2D eigenvalue weighted by atomic mass is 9.64. The molecule has 0 amide bonds. The number of rotatable bonds is 4. The van der Waals surface area contributed by atoms with Crippen LogP contribution in [0.4, 0.5) is 0 Å². The molecule has 0 spiro atoms. The highest BCUT2D eigenvalue weighted by atomic mass is 35.5. The number of hydrogen-bond acceptors (Lipinski definition) is 4. The molecule has 7 heteroatoms. The molecule has 1 N–H and O–H groups in total. The first kappa shape index (κ1) is 26.3. The van der Waals surface area contributed by atoms with Crippen LogP contribution in [-0.2, 0) is 16.2 Å². The fraction of sp³-hybridized carbons (Fsp3) is 0.400. The molecule has 37 heavy (non-hydrogen) atoms. The van der Waals surface area contributed by atoms with Gasteiger partial charge in [0, 0.05) is 51.9 Å². The summed E-state index contributed by atoms with van der Waals surface area (Å²) >= 11 is 18.8. The van der Waals surface area contributed by atoms with Crippen molar-refractivity contribution in [3.8, 4) is 5.75 Å². The fourth-order valence-electron chi connectivity index (χ4n) is 5.87. The number of Topliss-reactive ketones (excluding diaryl/α,β-unsaturated/α-hetero) is 2. The summed E-state index contributed by atoms with van der Waals surface area (Å²) in [4.78, 5) is 27.3. The van der Waals surface area contributed by atoms with Crippen LogP contribution >= 0.6 is 34.8 Å². The molecule has 0 aromatic heterocycles. The van der Waals surface area contributed by atoms with E-state index in [4.69, 9.17) is 39.5 Å². The number of ketones is 2. The van der Waals surface area contributed by atoms with Gasteiger partial charge in [-0.15, -0.1) is 0 Å². The first-order valence-electron chi connectivity index (χ1n) is 12.5. The second-order valence-corrected chi connectivity index (χ2v) is 13.2. The highest BCUT2D eigenvalue weighted by Crippen LogP contribution is 2.52. The maximum absolute atomic E-state index is 13.6. The van der Waals surface area contributed by atoms with E-state index in [0.717, 1.165) is 35.4 Å². The van der Waals surface area contributed by atoms with Crippen LogP contribution in [0, 0.1) is 10.8 Å². The summed E-state index contributed by atoms with van der Waals surface area (Å²) in [6.45, 7) is 8.68. The van der Waals surface area contributed by atoms with Gasteiger partial charge >= 0.3 is 0 Å². The molecule has 5 rings (SSSR count). The third kappa shape index (κ3) is 5.21. The molecule has 0 saturated heterocycles. The van der Waals surface area contributed by atoms with Crippen LogP contribution in [0.25, 0.3) is 0 Å². The molecule has 194 valence electrons. The van der Waals surface area contributed by atoms with E-state index in [0.29, 0.717) is 44.8 Å². The van der Waals surface area contributed by atoms with Gasteiger partial charge in [0.15, 0.2) is 11.6 Å². The van der Waals surface area contributed by atoms with E-state index in [2.05, 4.69) is 33.0 Å². The predicted octanol–water partition coefficient (Wildman–Crippen LogP) is 8.20. The van der Waals surface area contributed by atoms with Crippen LogP contribution in [0.2, 0.25) is 15.1 Å². The number of halogens is 3. The molecular formula is C30H30Cl3NO3. The van der Waals surface area contributed by atoms with Gasteiger partial charge in [-0.2, -0.15) is 0 Å². The fourth-order valence-corrected chi connectivity index (χ4v) is 6.37. The Morgan fingerprint density at radius 2 is 1.41 bits per heavy atom. The number of dihydropyridines is 1. The molecule has 4 nitrogen and oxygen atoms in total. The van der Waals surface area contributed by atoms with Crippen molar-refractivity contribution in [1.82, 2.24) is 5.32 Å². The SMILES string of the molecule is CC1(C)CC(=O)C2=C(C1)NC1=C(C(=O)CC(C)(C)C1)C2c1cc(Cl)ccc1OCc1ccc(Cl)c(Cl)c1. The van der Waals surface area contributed by atoms with Gasteiger partial charge in [-0.1, -0.05) is 68.6 Å². The molecule has 1 heterocycles.